The summed E-state index contributed by atoms with van der Waals surface area (Å²) in [5.41, 5.74) is 1.02. The first kappa shape index (κ1) is 18.3. The Morgan fingerprint density at radius 2 is 1.84 bits per heavy atom. The van der Waals surface area contributed by atoms with E-state index in [1.807, 2.05) is 11.9 Å². The average molecular weight is 369 g/mol. The summed E-state index contributed by atoms with van der Waals surface area (Å²) in [6.45, 7) is 7.30. The Hall–Kier alpha value is -1.45. The predicted molar refractivity (Wildman–Crippen MR) is 93.6 cm³/mol. The van der Waals surface area contributed by atoms with Crippen LogP contribution in [-0.2, 0) is 14.8 Å². The lowest BCUT2D eigenvalue weighted by molar-refractivity contribution is -0.138. The monoisotopic (exact) mass is 369 g/mol. The summed E-state index contributed by atoms with van der Waals surface area (Å²) < 4.78 is 27.5. The van der Waals surface area contributed by atoms with Gasteiger partial charge in [0.25, 0.3) is 0 Å². The van der Waals surface area contributed by atoms with Crippen molar-refractivity contribution in [3.63, 3.8) is 0 Å². The molecule has 1 amide bonds. The predicted octanol–water partition coefficient (Wildman–Crippen LogP) is 0.201. The van der Waals surface area contributed by atoms with Crippen LogP contribution in [-0.4, -0.2) is 84.9 Å². The fourth-order valence-corrected chi connectivity index (χ4v) is 5.55. The molecule has 1 unspecified atom stereocenters. The van der Waals surface area contributed by atoms with Gasteiger partial charge in [-0.1, -0.05) is 0 Å². The number of H-pyrrole nitrogens is 1. The summed E-state index contributed by atoms with van der Waals surface area (Å²) in [5, 5.41) is 6.74. The van der Waals surface area contributed by atoms with Crippen LogP contribution in [0.3, 0.4) is 0 Å². The molecule has 0 spiro atoms. The first-order valence-corrected chi connectivity index (χ1v) is 10.2. The molecule has 9 heteroatoms. The van der Waals surface area contributed by atoms with E-state index in [-0.39, 0.29) is 23.3 Å². The summed E-state index contributed by atoms with van der Waals surface area (Å²) in [4.78, 5) is 17.2. The van der Waals surface area contributed by atoms with E-state index in [0.29, 0.717) is 24.4 Å². The number of nitrogens with one attached hydrogen (secondary N) is 1. The van der Waals surface area contributed by atoms with Gasteiger partial charge in [0.1, 0.15) is 4.90 Å². The third kappa shape index (κ3) is 3.58. The Kier molecular flexibility index (Phi) is 5.17. The Bertz CT molecular complexity index is 717. The lowest BCUT2D eigenvalue weighted by atomic mass is 9.98. The van der Waals surface area contributed by atoms with E-state index in [0.717, 1.165) is 32.6 Å². The summed E-state index contributed by atoms with van der Waals surface area (Å²) in [6, 6.07) is 0. The second-order valence-electron chi connectivity index (χ2n) is 7.09. The molecule has 3 rings (SSSR count). The maximum atomic E-state index is 13.0. The SMILES string of the molecule is Cc1n[nH]c(C)c1S(=O)(=O)N1CCCC(C(=O)N2CCN(C)CC2)C1. The highest BCUT2D eigenvalue weighted by Gasteiger charge is 2.37. The van der Waals surface area contributed by atoms with Gasteiger partial charge in [0.2, 0.25) is 15.9 Å². The van der Waals surface area contributed by atoms with Crippen LogP contribution >= 0.6 is 0 Å². The van der Waals surface area contributed by atoms with Crippen LogP contribution in [0.1, 0.15) is 24.2 Å². The van der Waals surface area contributed by atoms with E-state index in [1.54, 1.807) is 13.8 Å². The Morgan fingerprint density at radius 3 is 2.44 bits per heavy atom. The van der Waals surface area contributed by atoms with Crippen molar-refractivity contribution >= 4 is 15.9 Å². The molecule has 0 radical (unpaired) electrons. The minimum atomic E-state index is -3.63. The van der Waals surface area contributed by atoms with Crippen molar-refractivity contribution in [2.75, 3.05) is 46.3 Å². The van der Waals surface area contributed by atoms with Gasteiger partial charge in [-0.3, -0.25) is 9.89 Å². The highest BCUT2D eigenvalue weighted by Crippen LogP contribution is 2.27. The van der Waals surface area contributed by atoms with Gasteiger partial charge >= 0.3 is 0 Å². The highest BCUT2D eigenvalue weighted by atomic mass is 32.2. The van der Waals surface area contributed by atoms with Gasteiger partial charge in [0, 0.05) is 39.3 Å². The number of hydrogen-bond donors (Lipinski definition) is 1. The van der Waals surface area contributed by atoms with Crippen molar-refractivity contribution in [3.05, 3.63) is 11.4 Å². The number of amides is 1. The Labute approximate surface area is 149 Å². The summed E-state index contributed by atoms with van der Waals surface area (Å²) in [6.07, 6.45) is 1.46. The third-order valence-electron chi connectivity index (χ3n) is 5.21. The van der Waals surface area contributed by atoms with Gasteiger partial charge in [0.15, 0.2) is 0 Å². The van der Waals surface area contributed by atoms with E-state index >= 15 is 0 Å². The second kappa shape index (κ2) is 7.05. The first-order chi connectivity index (χ1) is 11.8. The second-order valence-corrected chi connectivity index (χ2v) is 8.97. The van der Waals surface area contributed by atoms with Gasteiger partial charge in [-0.25, -0.2) is 8.42 Å². The molecule has 3 heterocycles. The highest BCUT2D eigenvalue weighted by molar-refractivity contribution is 7.89. The zero-order chi connectivity index (χ0) is 18.2. The van der Waals surface area contributed by atoms with Gasteiger partial charge in [-0.2, -0.15) is 9.40 Å². The Balaban J connectivity index is 1.74. The van der Waals surface area contributed by atoms with E-state index in [9.17, 15) is 13.2 Å². The number of hydrogen-bond acceptors (Lipinski definition) is 5. The van der Waals surface area contributed by atoms with Crippen LogP contribution in [0.5, 0.6) is 0 Å². The molecular weight excluding hydrogens is 342 g/mol. The molecule has 25 heavy (non-hydrogen) atoms. The third-order valence-corrected chi connectivity index (χ3v) is 7.34. The van der Waals surface area contributed by atoms with Gasteiger partial charge in [0.05, 0.1) is 17.3 Å². The average Bonchev–Trinajstić information content (AvgIpc) is 2.94. The normalized spacial score (nSPS) is 23.8. The van der Waals surface area contributed by atoms with Crippen LogP contribution in [0.25, 0.3) is 0 Å². The fourth-order valence-electron chi connectivity index (χ4n) is 3.70. The fraction of sp³-hybridized carbons (Fsp3) is 0.750. The molecule has 8 nitrogen and oxygen atoms in total. The maximum Gasteiger partial charge on any atom is 0.246 e. The zero-order valence-electron chi connectivity index (χ0n) is 15.2. The number of carbonyl (C=O) groups is 1. The number of piperazine rings is 1. The number of rotatable bonds is 3. The van der Waals surface area contributed by atoms with Crippen LogP contribution in [0.4, 0.5) is 0 Å². The topological polar surface area (TPSA) is 89.6 Å². The van der Waals surface area contributed by atoms with E-state index in [2.05, 4.69) is 15.1 Å². The zero-order valence-corrected chi connectivity index (χ0v) is 16.0. The molecule has 1 aromatic rings. The molecule has 0 bridgehead atoms. The molecule has 2 aliphatic heterocycles. The number of likely N-dealkylation sites (N-methyl/N-ethyl adjacent to an activating group) is 1. The first-order valence-electron chi connectivity index (χ1n) is 8.79. The van der Waals surface area contributed by atoms with E-state index in [1.165, 1.54) is 4.31 Å². The number of sulfonamides is 1. The molecule has 2 fully saturated rings. The van der Waals surface area contributed by atoms with Crippen molar-refractivity contribution in [3.8, 4) is 0 Å². The number of aryl methyl sites for hydroxylation is 2. The van der Waals surface area contributed by atoms with Crippen molar-refractivity contribution in [2.24, 2.45) is 5.92 Å². The minimum Gasteiger partial charge on any atom is -0.340 e. The number of piperidine rings is 1. The molecule has 140 valence electrons. The molecule has 1 aromatic heterocycles. The van der Waals surface area contributed by atoms with Gasteiger partial charge in [-0.05, 0) is 33.7 Å². The largest absolute Gasteiger partial charge is 0.340 e. The van der Waals surface area contributed by atoms with Gasteiger partial charge in [-0.15, -0.1) is 0 Å². The molecule has 1 N–H and O–H groups in total. The summed E-state index contributed by atoms with van der Waals surface area (Å²) in [5.74, 6) is -0.159. The van der Waals surface area contributed by atoms with Crippen LogP contribution in [0.15, 0.2) is 4.90 Å². The van der Waals surface area contributed by atoms with Crippen LogP contribution in [0, 0.1) is 19.8 Å². The smallest absolute Gasteiger partial charge is 0.246 e. The lowest BCUT2D eigenvalue weighted by Gasteiger charge is -2.37. The minimum absolute atomic E-state index is 0.0913. The quantitative estimate of drug-likeness (QED) is 0.822. The number of aromatic amines is 1. The Morgan fingerprint density at radius 1 is 1.16 bits per heavy atom. The molecular formula is C16H27N5O3S. The van der Waals surface area contributed by atoms with E-state index < -0.39 is 10.0 Å². The van der Waals surface area contributed by atoms with Crippen molar-refractivity contribution in [1.82, 2.24) is 24.3 Å². The van der Waals surface area contributed by atoms with Crippen LogP contribution < -0.4 is 0 Å². The van der Waals surface area contributed by atoms with Crippen molar-refractivity contribution < 1.29 is 13.2 Å². The summed E-state index contributed by atoms with van der Waals surface area (Å²) >= 11 is 0. The van der Waals surface area contributed by atoms with Crippen molar-refractivity contribution in [2.45, 2.75) is 31.6 Å². The standard InChI is InChI=1S/C16H27N5O3S/c1-12-15(13(2)18-17-12)25(23,24)21-6-4-5-14(11-21)16(22)20-9-7-19(3)8-10-20/h14H,4-11H2,1-3H3,(H,17,18). The van der Waals surface area contributed by atoms with E-state index in [4.69, 9.17) is 0 Å². The number of aromatic nitrogens is 2. The van der Waals surface area contributed by atoms with Crippen LogP contribution in [0.2, 0.25) is 0 Å². The number of nitrogens with zero attached hydrogens (tertiary/aromatic N) is 4. The molecule has 1 atom stereocenters. The lowest BCUT2D eigenvalue weighted by Crippen LogP contribution is -2.52. The summed E-state index contributed by atoms with van der Waals surface area (Å²) in [7, 11) is -1.58. The maximum absolute atomic E-state index is 13.0. The molecule has 0 saturated carbocycles. The molecule has 0 aliphatic carbocycles. The molecule has 2 aliphatic rings. The van der Waals surface area contributed by atoms with Gasteiger partial charge < -0.3 is 9.80 Å². The van der Waals surface area contributed by atoms with Crippen molar-refractivity contribution in [1.29, 1.82) is 0 Å². The molecule has 2 saturated heterocycles. The number of carbonyl (C=O) groups excluding carboxylic acids is 1. The molecule has 0 aromatic carbocycles.